The van der Waals surface area contributed by atoms with E-state index >= 15 is 0 Å². The summed E-state index contributed by atoms with van der Waals surface area (Å²) >= 11 is 4.99. The summed E-state index contributed by atoms with van der Waals surface area (Å²) in [5, 5.41) is 16.6. The van der Waals surface area contributed by atoms with Crippen LogP contribution in [-0.4, -0.2) is 42.7 Å². The Balaban J connectivity index is 1.77. The van der Waals surface area contributed by atoms with Crippen LogP contribution in [0, 0.1) is 10.1 Å². The molecule has 128 valence electrons. The van der Waals surface area contributed by atoms with Gasteiger partial charge >= 0.3 is 0 Å². The number of nitrogens with zero attached hydrogens (tertiary/aromatic N) is 2. The van der Waals surface area contributed by atoms with E-state index in [4.69, 9.17) is 4.74 Å². The fourth-order valence-electron chi connectivity index (χ4n) is 2.79. The number of anilines is 1. The van der Waals surface area contributed by atoms with Crippen LogP contribution in [0.3, 0.4) is 0 Å². The average Bonchev–Trinajstić information content (AvgIpc) is 3.11. The number of morpholine rings is 1. The van der Waals surface area contributed by atoms with Gasteiger partial charge in [0.05, 0.1) is 24.2 Å². The smallest absolute Gasteiger partial charge is 0.293 e. The van der Waals surface area contributed by atoms with Gasteiger partial charge in [-0.3, -0.25) is 15.0 Å². The third-order valence-electron chi connectivity index (χ3n) is 4.00. The van der Waals surface area contributed by atoms with E-state index in [0.717, 1.165) is 26.3 Å². The molecule has 1 aromatic heterocycles. The van der Waals surface area contributed by atoms with E-state index in [1.165, 1.54) is 10.9 Å². The van der Waals surface area contributed by atoms with Gasteiger partial charge in [-0.2, -0.15) is 0 Å². The first kappa shape index (κ1) is 17.3. The van der Waals surface area contributed by atoms with Gasteiger partial charge in [0.15, 0.2) is 0 Å². The molecule has 1 aromatic carbocycles. The Labute approximate surface area is 152 Å². The minimum Gasteiger partial charge on any atom is -0.379 e. The highest BCUT2D eigenvalue weighted by molar-refractivity contribution is 9.10. The first-order chi connectivity index (χ1) is 11.6. The van der Waals surface area contributed by atoms with Crippen molar-refractivity contribution in [2.24, 2.45) is 0 Å². The normalized spacial score (nSPS) is 16.7. The van der Waals surface area contributed by atoms with Gasteiger partial charge in [0.1, 0.15) is 5.69 Å². The van der Waals surface area contributed by atoms with Crippen molar-refractivity contribution < 1.29 is 9.66 Å². The lowest BCUT2D eigenvalue weighted by molar-refractivity contribution is -0.384. The van der Waals surface area contributed by atoms with Gasteiger partial charge in [-0.15, -0.1) is 11.3 Å². The zero-order chi connectivity index (χ0) is 16.9. The fraction of sp³-hybridized carbons (Fsp3) is 0.375. The van der Waals surface area contributed by atoms with Gasteiger partial charge in [0, 0.05) is 35.1 Å². The second kappa shape index (κ2) is 8.06. The molecular weight excluding hydrogens is 394 g/mol. The van der Waals surface area contributed by atoms with Crippen molar-refractivity contribution >= 4 is 38.6 Å². The predicted molar refractivity (Wildman–Crippen MR) is 98.7 cm³/mol. The van der Waals surface area contributed by atoms with Crippen molar-refractivity contribution in [2.75, 3.05) is 38.2 Å². The molecule has 6 nitrogen and oxygen atoms in total. The number of hydrogen-bond donors (Lipinski definition) is 1. The Hall–Kier alpha value is -1.48. The molecule has 1 fully saturated rings. The zero-order valence-electron chi connectivity index (χ0n) is 13.0. The van der Waals surface area contributed by atoms with Gasteiger partial charge in [-0.25, -0.2) is 0 Å². The molecular formula is C16H18BrN3O3S. The number of ether oxygens (including phenoxy) is 1. The van der Waals surface area contributed by atoms with Crippen LogP contribution in [0.25, 0.3) is 0 Å². The maximum absolute atomic E-state index is 11.3. The molecule has 3 rings (SSSR count). The van der Waals surface area contributed by atoms with E-state index in [1.54, 1.807) is 17.4 Å². The van der Waals surface area contributed by atoms with E-state index in [2.05, 4.69) is 37.6 Å². The van der Waals surface area contributed by atoms with Crippen LogP contribution >= 0.6 is 27.3 Å². The molecule has 1 unspecified atom stereocenters. The van der Waals surface area contributed by atoms with Gasteiger partial charge < -0.3 is 10.1 Å². The number of nitro benzene ring substituents is 1. The van der Waals surface area contributed by atoms with Crippen molar-refractivity contribution in [3.05, 3.63) is 55.2 Å². The van der Waals surface area contributed by atoms with Gasteiger partial charge in [0.25, 0.3) is 5.69 Å². The summed E-state index contributed by atoms with van der Waals surface area (Å²) in [6.45, 7) is 3.79. The lowest BCUT2D eigenvalue weighted by Gasteiger charge is -2.34. The van der Waals surface area contributed by atoms with Crippen molar-refractivity contribution in [3.8, 4) is 0 Å². The Kier molecular flexibility index (Phi) is 5.83. The molecule has 1 saturated heterocycles. The topological polar surface area (TPSA) is 67.6 Å². The number of thiophene rings is 1. The highest BCUT2D eigenvalue weighted by atomic mass is 79.9. The van der Waals surface area contributed by atoms with Crippen molar-refractivity contribution in [3.63, 3.8) is 0 Å². The number of halogens is 1. The molecule has 1 aliphatic heterocycles. The summed E-state index contributed by atoms with van der Waals surface area (Å²) in [5.74, 6) is 0. The third kappa shape index (κ3) is 4.13. The summed E-state index contributed by atoms with van der Waals surface area (Å²) in [6, 6.07) is 9.41. The molecule has 0 radical (unpaired) electrons. The van der Waals surface area contributed by atoms with Gasteiger partial charge in [-0.05, 0) is 23.6 Å². The molecule has 0 spiro atoms. The summed E-state index contributed by atoms with van der Waals surface area (Å²) < 4.78 is 6.14. The largest absolute Gasteiger partial charge is 0.379 e. The lowest BCUT2D eigenvalue weighted by Crippen LogP contribution is -2.41. The molecule has 1 N–H and O–H groups in total. The number of nitro groups is 1. The maximum Gasteiger partial charge on any atom is 0.293 e. The van der Waals surface area contributed by atoms with E-state index in [1.807, 2.05) is 12.1 Å². The Morgan fingerprint density at radius 2 is 2.17 bits per heavy atom. The highest BCUT2D eigenvalue weighted by Crippen LogP contribution is 2.31. The fourth-order valence-corrected chi connectivity index (χ4v) is 4.00. The van der Waals surface area contributed by atoms with Gasteiger partial charge in [0.2, 0.25) is 0 Å². The monoisotopic (exact) mass is 411 g/mol. The molecule has 0 amide bonds. The average molecular weight is 412 g/mol. The van der Waals surface area contributed by atoms with E-state index in [0.29, 0.717) is 16.7 Å². The summed E-state index contributed by atoms with van der Waals surface area (Å²) in [7, 11) is 0. The molecule has 0 saturated carbocycles. The van der Waals surface area contributed by atoms with Crippen LogP contribution < -0.4 is 5.32 Å². The number of hydrogen-bond acceptors (Lipinski definition) is 6. The van der Waals surface area contributed by atoms with Crippen LogP contribution in [-0.2, 0) is 4.74 Å². The predicted octanol–water partition coefficient (Wildman–Crippen LogP) is 3.90. The number of nitrogens with one attached hydrogen (secondary N) is 1. The first-order valence-electron chi connectivity index (χ1n) is 7.68. The van der Waals surface area contributed by atoms with Crippen LogP contribution in [0.4, 0.5) is 11.4 Å². The van der Waals surface area contributed by atoms with Crippen molar-refractivity contribution in [1.29, 1.82) is 0 Å². The minimum atomic E-state index is -0.359. The van der Waals surface area contributed by atoms with Crippen LogP contribution in [0.1, 0.15) is 10.9 Å². The van der Waals surface area contributed by atoms with Crippen molar-refractivity contribution in [2.45, 2.75) is 6.04 Å². The summed E-state index contributed by atoms with van der Waals surface area (Å²) in [4.78, 5) is 14.5. The van der Waals surface area contributed by atoms with Crippen molar-refractivity contribution in [1.82, 2.24) is 4.90 Å². The molecule has 2 heterocycles. The SMILES string of the molecule is O=[N+]([O-])c1cc(Br)ccc1NCC(c1cccs1)N1CCOCC1. The molecule has 24 heavy (non-hydrogen) atoms. The quantitative estimate of drug-likeness (QED) is 0.576. The summed E-state index contributed by atoms with van der Waals surface area (Å²) in [5.41, 5.74) is 0.620. The van der Waals surface area contributed by atoms with Crippen LogP contribution in [0.2, 0.25) is 0 Å². The number of benzene rings is 1. The Morgan fingerprint density at radius 1 is 1.38 bits per heavy atom. The summed E-state index contributed by atoms with van der Waals surface area (Å²) in [6.07, 6.45) is 0. The molecule has 0 aliphatic carbocycles. The molecule has 8 heteroatoms. The highest BCUT2D eigenvalue weighted by Gasteiger charge is 2.24. The van der Waals surface area contributed by atoms with Gasteiger partial charge in [-0.1, -0.05) is 22.0 Å². The molecule has 1 atom stereocenters. The van der Waals surface area contributed by atoms with Crippen LogP contribution in [0.15, 0.2) is 40.2 Å². The third-order valence-corrected chi connectivity index (χ3v) is 5.47. The van der Waals surface area contributed by atoms with Crippen LogP contribution in [0.5, 0.6) is 0 Å². The van der Waals surface area contributed by atoms with E-state index < -0.39 is 0 Å². The number of rotatable bonds is 6. The molecule has 1 aliphatic rings. The maximum atomic E-state index is 11.3. The Morgan fingerprint density at radius 3 is 2.83 bits per heavy atom. The molecule has 2 aromatic rings. The Bertz CT molecular complexity index is 690. The molecule has 0 bridgehead atoms. The lowest BCUT2D eigenvalue weighted by atomic mass is 10.1. The standard InChI is InChI=1S/C16H18BrN3O3S/c17-12-3-4-13(14(10-12)20(21)22)18-11-15(16-2-1-9-24-16)19-5-7-23-8-6-19/h1-4,9-10,15,18H,5-8,11H2. The first-order valence-corrected chi connectivity index (χ1v) is 9.35. The minimum absolute atomic E-state index is 0.0799. The van der Waals surface area contributed by atoms with E-state index in [-0.39, 0.29) is 16.7 Å². The zero-order valence-corrected chi connectivity index (χ0v) is 15.4. The second-order valence-electron chi connectivity index (χ2n) is 5.48. The second-order valence-corrected chi connectivity index (χ2v) is 7.37. The van der Waals surface area contributed by atoms with E-state index in [9.17, 15) is 10.1 Å².